The molecule has 5 rings (SSSR count). The standard InChI is InChI=1S/C29H27N5O5S.C6H6/c1-40(38,39)26-13-6-5-12-25(26)21-14-16-23(17-15-21)31-28(35)34(19-20-8-3-2-4-9-20)33-24-11-7-10-22(18-24)27(30)32-29(36)37;1-2-4-6-5-3-1/h2-18,33H,19H2,1H3,(H2,30,32)(H,31,35)(H,36,37);1-6H. The molecule has 5 aromatic carbocycles. The van der Waals surface area contributed by atoms with Crippen LogP contribution in [0.4, 0.5) is 21.0 Å². The molecule has 0 fully saturated rings. The van der Waals surface area contributed by atoms with E-state index in [9.17, 15) is 18.0 Å². The molecule has 0 aliphatic rings. The number of rotatable bonds is 8. The third kappa shape index (κ3) is 9.79. The number of nitrogens with one attached hydrogen (secondary N) is 2. The molecule has 10 nitrogen and oxygen atoms in total. The van der Waals surface area contributed by atoms with E-state index in [0.717, 1.165) is 11.8 Å². The Morgan fingerprint density at radius 2 is 1.35 bits per heavy atom. The fraction of sp³-hybridized carbons (Fsp3) is 0.0571. The van der Waals surface area contributed by atoms with Crippen LogP contribution in [0.25, 0.3) is 11.1 Å². The summed E-state index contributed by atoms with van der Waals surface area (Å²) in [4.78, 5) is 27.8. The Morgan fingerprint density at radius 1 is 0.761 bits per heavy atom. The number of amidine groups is 1. The Kier molecular flexibility index (Phi) is 11.2. The summed E-state index contributed by atoms with van der Waals surface area (Å²) in [6.45, 7) is 0.204. The number of carboxylic acid groups (broad SMARTS) is 1. The third-order valence-electron chi connectivity index (χ3n) is 6.47. The van der Waals surface area contributed by atoms with Crippen molar-refractivity contribution in [3.05, 3.63) is 151 Å². The maximum absolute atomic E-state index is 13.4. The van der Waals surface area contributed by atoms with Gasteiger partial charge in [-0.15, -0.1) is 0 Å². The van der Waals surface area contributed by atoms with Crippen LogP contribution >= 0.6 is 0 Å². The van der Waals surface area contributed by atoms with E-state index in [-0.39, 0.29) is 17.3 Å². The highest BCUT2D eigenvalue weighted by Crippen LogP contribution is 2.28. The number of aliphatic imine (C=N–C) groups is 1. The van der Waals surface area contributed by atoms with Crippen molar-refractivity contribution >= 4 is 39.2 Å². The molecular weight excluding hydrogens is 602 g/mol. The van der Waals surface area contributed by atoms with Gasteiger partial charge in [0.1, 0.15) is 5.84 Å². The van der Waals surface area contributed by atoms with E-state index in [4.69, 9.17) is 10.8 Å². The largest absolute Gasteiger partial charge is 0.463 e. The minimum Gasteiger partial charge on any atom is -0.463 e. The van der Waals surface area contributed by atoms with Crippen molar-refractivity contribution in [2.45, 2.75) is 11.4 Å². The minimum absolute atomic E-state index is 0.173. The molecule has 11 heteroatoms. The number of urea groups is 1. The lowest BCUT2D eigenvalue weighted by Gasteiger charge is -2.25. The molecule has 0 saturated carbocycles. The van der Waals surface area contributed by atoms with Gasteiger partial charge in [-0.25, -0.2) is 23.0 Å². The van der Waals surface area contributed by atoms with Crippen LogP contribution in [0.2, 0.25) is 0 Å². The Morgan fingerprint density at radius 3 is 1.96 bits per heavy atom. The quantitative estimate of drug-likeness (QED) is 0.0822. The van der Waals surface area contributed by atoms with E-state index < -0.39 is 22.0 Å². The summed E-state index contributed by atoms with van der Waals surface area (Å²) < 4.78 is 24.4. The van der Waals surface area contributed by atoms with E-state index in [0.29, 0.717) is 28.1 Å². The molecule has 0 bridgehead atoms. The zero-order chi connectivity index (χ0) is 32.9. The molecule has 5 N–H and O–H groups in total. The first kappa shape index (κ1) is 33.0. The second-order valence-corrected chi connectivity index (χ2v) is 12.0. The molecule has 5 aromatic rings. The van der Waals surface area contributed by atoms with Crippen molar-refractivity contribution in [3.8, 4) is 11.1 Å². The van der Waals surface area contributed by atoms with E-state index in [1.165, 1.54) is 5.01 Å². The average molecular weight is 636 g/mol. The number of benzene rings is 5. The number of carbonyl (C=O) groups is 2. The minimum atomic E-state index is -3.43. The second-order valence-electron chi connectivity index (χ2n) is 9.97. The number of carbonyl (C=O) groups excluding carboxylic acids is 1. The first-order chi connectivity index (χ1) is 22.1. The topological polar surface area (TPSA) is 154 Å². The van der Waals surface area contributed by atoms with Gasteiger partial charge >= 0.3 is 12.1 Å². The molecule has 0 radical (unpaired) electrons. The average Bonchev–Trinajstić information content (AvgIpc) is 3.06. The zero-order valence-corrected chi connectivity index (χ0v) is 25.8. The molecule has 0 heterocycles. The van der Waals surface area contributed by atoms with Crippen LogP contribution < -0.4 is 16.5 Å². The molecule has 0 saturated heterocycles. The zero-order valence-electron chi connectivity index (χ0n) is 24.9. The van der Waals surface area contributed by atoms with Gasteiger partial charge < -0.3 is 16.2 Å². The number of hydrogen-bond acceptors (Lipinski definition) is 5. The first-order valence-corrected chi connectivity index (χ1v) is 16.0. The van der Waals surface area contributed by atoms with Gasteiger partial charge in [0.05, 0.1) is 17.1 Å². The summed E-state index contributed by atoms with van der Waals surface area (Å²) >= 11 is 0. The number of nitrogens with zero attached hydrogens (tertiary/aromatic N) is 2. The fourth-order valence-electron chi connectivity index (χ4n) is 4.34. The number of nitrogens with two attached hydrogens (primary N) is 1. The number of hydrazine groups is 1. The predicted molar refractivity (Wildman–Crippen MR) is 181 cm³/mol. The van der Waals surface area contributed by atoms with Crippen LogP contribution in [-0.4, -0.2) is 42.7 Å². The van der Waals surface area contributed by atoms with Crippen LogP contribution in [0, 0.1) is 0 Å². The van der Waals surface area contributed by atoms with Crippen LogP contribution in [0.5, 0.6) is 0 Å². The van der Waals surface area contributed by atoms with Gasteiger partial charge in [-0.2, -0.15) is 4.99 Å². The third-order valence-corrected chi connectivity index (χ3v) is 7.62. The fourth-order valence-corrected chi connectivity index (χ4v) is 5.25. The predicted octanol–water partition coefficient (Wildman–Crippen LogP) is 6.89. The molecule has 3 amide bonds. The van der Waals surface area contributed by atoms with Crippen molar-refractivity contribution in [2.24, 2.45) is 10.7 Å². The van der Waals surface area contributed by atoms with Crippen molar-refractivity contribution in [1.29, 1.82) is 0 Å². The lowest BCUT2D eigenvalue weighted by molar-refractivity contribution is 0.205. The van der Waals surface area contributed by atoms with Crippen LogP contribution in [-0.2, 0) is 16.4 Å². The molecular formula is C35H33N5O5S. The first-order valence-electron chi connectivity index (χ1n) is 14.1. The number of sulfone groups is 1. The number of amides is 3. The normalized spacial score (nSPS) is 11.0. The monoisotopic (exact) mass is 635 g/mol. The molecule has 234 valence electrons. The molecule has 0 aliphatic heterocycles. The van der Waals surface area contributed by atoms with Gasteiger partial charge in [0.15, 0.2) is 9.84 Å². The van der Waals surface area contributed by atoms with Crippen molar-refractivity contribution in [3.63, 3.8) is 0 Å². The SMILES string of the molecule is CS(=O)(=O)c1ccccc1-c1ccc(NC(=O)N(Cc2ccccc2)Nc2cccc(C(N)=NC(=O)O)c2)cc1.c1ccccc1. The maximum Gasteiger partial charge on any atom is 0.433 e. The van der Waals surface area contributed by atoms with Gasteiger partial charge in [0, 0.05) is 23.1 Å². The van der Waals surface area contributed by atoms with Crippen molar-refractivity contribution < 1.29 is 23.1 Å². The molecule has 46 heavy (non-hydrogen) atoms. The number of anilines is 2. The Hall–Kier alpha value is -5.94. The van der Waals surface area contributed by atoms with Gasteiger partial charge in [0.2, 0.25) is 0 Å². The van der Waals surface area contributed by atoms with E-state index in [2.05, 4.69) is 15.7 Å². The lowest BCUT2D eigenvalue weighted by atomic mass is 10.1. The highest BCUT2D eigenvalue weighted by molar-refractivity contribution is 7.90. The number of hydrogen-bond donors (Lipinski definition) is 4. The summed E-state index contributed by atoms with van der Waals surface area (Å²) in [5.41, 5.74) is 12.3. The summed E-state index contributed by atoms with van der Waals surface area (Å²) in [6.07, 6.45) is -0.246. The van der Waals surface area contributed by atoms with E-state index >= 15 is 0 Å². The highest BCUT2D eigenvalue weighted by Gasteiger charge is 2.17. The Bertz CT molecular complexity index is 1870. The Balaban J connectivity index is 0.000000717. The van der Waals surface area contributed by atoms with Crippen LogP contribution in [0.15, 0.2) is 149 Å². The van der Waals surface area contributed by atoms with E-state index in [1.807, 2.05) is 66.7 Å². The summed E-state index contributed by atoms with van der Waals surface area (Å²) in [7, 11) is -3.43. The maximum atomic E-state index is 13.4. The second kappa shape index (κ2) is 15.7. The lowest BCUT2D eigenvalue weighted by Crippen LogP contribution is -2.39. The Labute approximate surface area is 267 Å². The van der Waals surface area contributed by atoms with E-state index in [1.54, 1.807) is 72.8 Å². The van der Waals surface area contributed by atoms with Gasteiger partial charge in [-0.05, 0) is 41.5 Å². The smallest absolute Gasteiger partial charge is 0.433 e. The van der Waals surface area contributed by atoms with Crippen molar-refractivity contribution in [1.82, 2.24) is 5.01 Å². The van der Waals surface area contributed by atoms with Gasteiger partial charge in [-0.1, -0.05) is 109 Å². The molecule has 0 aromatic heterocycles. The van der Waals surface area contributed by atoms with Crippen molar-refractivity contribution in [2.75, 3.05) is 17.0 Å². The highest BCUT2D eigenvalue weighted by atomic mass is 32.2. The molecule has 0 unspecified atom stereocenters. The van der Waals surface area contributed by atoms with Gasteiger partial charge in [0.25, 0.3) is 0 Å². The molecule has 0 atom stereocenters. The summed E-state index contributed by atoms with van der Waals surface area (Å²) in [5.74, 6) is -0.173. The van der Waals surface area contributed by atoms with Crippen LogP contribution in [0.1, 0.15) is 11.1 Å². The molecule has 0 spiro atoms. The summed E-state index contributed by atoms with van der Waals surface area (Å²) in [5, 5.41) is 13.1. The van der Waals surface area contributed by atoms with Crippen LogP contribution in [0.3, 0.4) is 0 Å². The summed E-state index contributed by atoms with van der Waals surface area (Å²) in [6, 6.07) is 41.0. The van der Waals surface area contributed by atoms with Gasteiger partial charge in [-0.3, -0.25) is 5.43 Å². The molecule has 0 aliphatic carbocycles.